The number of nitrogens with zero attached hydrogens (tertiary/aromatic N) is 2. The Morgan fingerprint density at radius 1 is 1.50 bits per heavy atom. The van der Waals surface area contributed by atoms with Crippen molar-refractivity contribution >= 4 is 11.5 Å². The summed E-state index contributed by atoms with van der Waals surface area (Å²) in [6.07, 6.45) is 5.79. The Kier molecular flexibility index (Phi) is 2.82. The second kappa shape index (κ2) is 4.00. The van der Waals surface area contributed by atoms with Crippen LogP contribution in [0, 0.1) is 0 Å². The van der Waals surface area contributed by atoms with Gasteiger partial charge in [0.1, 0.15) is 5.82 Å². The minimum atomic E-state index is 0.228. The smallest absolute Gasteiger partial charge is 0.148 e. The quantitative estimate of drug-likeness (QED) is 0.822. The van der Waals surface area contributed by atoms with E-state index in [1.165, 1.54) is 19.3 Å². The lowest BCUT2D eigenvalue weighted by Gasteiger charge is -2.40. The summed E-state index contributed by atoms with van der Waals surface area (Å²) >= 11 is 0. The third kappa shape index (κ3) is 1.88. The zero-order valence-corrected chi connectivity index (χ0v) is 10.5. The van der Waals surface area contributed by atoms with Crippen LogP contribution in [0.3, 0.4) is 0 Å². The highest BCUT2D eigenvalue weighted by atomic mass is 15.3. The van der Waals surface area contributed by atoms with E-state index in [2.05, 4.69) is 24.3 Å². The van der Waals surface area contributed by atoms with Crippen LogP contribution in [0.4, 0.5) is 11.5 Å². The highest BCUT2D eigenvalue weighted by molar-refractivity contribution is 5.66. The van der Waals surface area contributed by atoms with Crippen LogP contribution in [0.5, 0.6) is 0 Å². The average molecular weight is 222 g/mol. The SMILES string of the molecule is CCCc1nn(C)c(NC2(C)CCC2)c1N. The second-order valence-corrected chi connectivity index (χ2v) is 5.12. The zero-order valence-electron chi connectivity index (χ0n) is 10.5. The predicted octanol–water partition coefficient (Wildman–Crippen LogP) is 2.31. The van der Waals surface area contributed by atoms with E-state index in [4.69, 9.17) is 5.73 Å². The van der Waals surface area contributed by atoms with Gasteiger partial charge in [-0.2, -0.15) is 5.10 Å². The molecule has 2 rings (SSSR count). The minimum Gasteiger partial charge on any atom is -0.394 e. The van der Waals surface area contributed by atoms with Gasteiger partial charge in [0.25, 0.3) is 0 Å². The maximum atomic E-state index is 6.13. The van der Waals surface area contributed by atoms with Crippen LogP contribution in [0.1, 0.15) is 45.2 Å². The predicted molar refractivity (Wildman–Crippen MR) is 67.5 cm³/mol. The lowest BCUT2D eigenvalue weighted by atomic mass is 9.78. The summed E-state index contributed by atoms with van der Waals surface area (Å²) in [5.41, 5.74) is 8.21. The maximum absolute atomic E-state index is 6.13. The van der Waals surface area contributed by atoms with Crippen LogP contribution in [0.2, 0.25) is 0 Å². The number of nitrogen functional groups attached to an aromatic ring is 1. The lowest BCUT2D eigenvalue weighted by Crippen LogP contribution is -2.42. The Morgan fingerprint density at radius 3 is 2.69 bits per heavy atom. The number of nitrogens with two attached hydrogens (primary N) is 1. The molecule has 0 aromatic carbocycles. The van der Waals surface area contributed by atoms with Gasteiger partial charge in [0.05, 0.1) is 11.4 Å². The monoisotopic (exact) mass is 222 g/mol. The highest BCUT2D eigenvalue weighted by Gasteiger charge is 2.33. The number of aromatic nitrogens is 2. The fraction of sp³-hybridized carbons (Fsp3) is 0.750. The standard InChI is InChI=1S/C12H22N4/c1-4-6-9-10(13)11(16(3)15-9)14-12(2)7-5-8-12/h14H,4-8,13H2,1-3H3. The second-order valence-electron chi connectivity index (χ2n) is 5.12. The summed E-state index contributed by atoms with van der Waals surface area (Å²) in [5, 5.41) is 8.02. The lowest BCUT2D eigenvalue weighted by molar-refractivity contribution is 0.304. The van der Waals surface area contributed by atoms with Crippen molar-refractivity contribution in [2.75, 3.05) is 11.1 Å². The fourth-order valence-corrected chi connectivity index (χ4v) is 2.28. The number of aryl methyl sites for hydroxylation is 2. The first-order valence-electron chi connectivity index (χ1n) is 6.15. The molecule has 1 saturated carbocycles. The van der Waals surface area contributed by atoms with E-state index in [0.717, 1.165) is 30.0 Å². The van der Waals surface area contributed by atoms with E-state index < -0.39 is 0 Å². The summed E-state index contributed by atoms with van der Waals surface area (Å²) in [7, 11) is 1.96. The van der Waals surface area contributed by atoms with E-state index in [9.17, 15) is 0 Å². The normalized spacial score (nSPS) is 18.2. The molecule has 1 fully saturated rings. The molecule has 16 heavy (non-hydrogen) atoms. The summed E-state index contributed by atoms with van der Waals surface area (Å²) in [5.74, 6) is 0.991. The van der Waals surface area contributed by atoms with Crippen molar-refractivity contribution in [2.24, 2.45) is 7.05 Å². The Balaban J connectivity index is 2.19. The molecule has 0 saturated heterocycles. The molecule has 0 unspecified atom stereocenters. The molecule has 0 radical (unpaired) electrons. The first-order valence-corrected chi connectivity index (χ1v) is 6.15. The van der Waals surface area contributed by atoms with Crippen molar-refractivity contribution in [3.8, 4) is 0 Å². The van der Waals surface area contributed by atoms with Crippen LogP contribution < -0.4 is 11.1 Å². The summed E-state index contributed by atoms with van der Waals surface area (Å²) in [6.45, 7) is 4.40. The van der Waals surface area contributed by atoms with Gasteiger partial charge >= 0.3 is 0 Å². The van der Waals surface area contributed by atoms with Crippen LogP contribution >= 0.6 is 0 Å². The van der Waals surface area contributed by atoms with Crippen molar-refractivity contribution in [2.45, 2.75) is 51.5 Å². The van der Waals surface area contributed by atoms with Crippen LogP contribution in [-0.4, -0.2) is 15.3 Å². The van der Waals surface area contributed by atoms with Gasteiger partial charge in [-0.1, -0.05) is 13.3 Å². The van der Waals surface area contributed by atoms with E-state index in [1.54, 1.807) is 0 Å². The van der Waals surface area contributed by atoms with Crippen molar-refractivity contribution in [3.05, 3.63) is 5.69 Å². The summed E-state index contributed by atoms with van der Waals surface area (Å²) in [6, 6.07) is 0. The van der Waals surface area contributed by atoms with Crippen LogP contribution in [-0.2, 0) is 13.5 Å². The zero-order chi connectivity index (χ0) is 11.8. The number of hydrogen-bond donors (Lipinski definition) is 2. The molecular formula is C12H22N4. The molecule has 1 heterocycles. The largest absolute Gasteiger partial charge is 0.394 e. The first-order chi connectivity index (χ1) is 7.56. The minimum absolute atomic E-state index is 0.228. The number of nitrogens with one attached hydrogen (secondary N) is 1. The van der Waals surface area contributed by atoms with Crippen LogP contribution in [0.25, 0.3) is 0 Å². The van der Waals surface area contributed by atoms with Gasteiger partial charge in [0, 0.05) is 12.6 Å². The molecule has 0 bridgehead atoms. The molecular weight excluding hydrogens is 200 g/mol. The van der Waals surface area contributed by atoms with Gasteiger partial charge in [-0.3, -0.25) is 4.68 Å². The topological polar surface area (TPSA) is 55.9 Å². The molecule has 90 valence electrons. The highest BCUT2D eigenvalue weighted by Crippen LogP contribution is 2.36. The first kappa shape index (κ1) is 11.3. The third-order valence-corrected chi connectivity index (χ3v) is 3.52. The van der Waals surface area contributed by atoms with Crippen molar-refractivity contribution in [3.63, 3.8) is 0 Å². The van der Waals surface area contributed by atoms with E-state index in [0.29, 0.717) is 0 Å². The Bertz CT molecular complexity index is 377. The summed E-state index contributed by atoms with van der Waals surface area (Å²) in [4.78, 5) is 0. The molecule has 3 N–H and O–H groups in total. The van der Waals surface area contributed by atoms with Gasteiger partial charge in [-0.15, -0.1) is 0 Å². The van der Waals surface area contributed by atoms with Crippen molar-refractivity contribution in [1.29, 1.82) is 0 Å². The molecule has 0 aliphatic heterocycles. The van der Waals surface area contributed by atoms with E-state index >= 15 is 0 Å². The molecule has 0 spiro atoms. The summed E-state index contributed by atoms with van der Waals surface area (Å²) < 4.78 is 1.88. The molecule has 0 atom stereocenters. The molecule has 1 aromatic rings. The molecule has 4 heteroatoms. The number of rotatable bonds is 4. The average Bonchev–Trinajstić information content (AvgIpc) is 2.44. The van der Waals surface area contributed by atoms with Gasteiger partial charge in [0.2, 0.25) is 0 Å². The molecule has 1 aromatic heterocycles. The van der Waals surface area contributed by atoms with Gasteiger partial charge < -0.3 is 11.1 Å². The Morgan fingerprint density at radius 2 is 2.19 bits per heavy atom. The van der Waals surface area contributed by atoms with Crippen molar-refractivity contribution in [1.82, 2.24) is 9.78 Å². The van der Waals surface area contributed by atoms with Crippen LogP contribution in [0.15, 0.2) is 0 Å². The molecule has 4 nitrogen and oxygen atoms in total. The Labute approximate surface area is 97.2 Å². The maximum Gasteiger partial charge on any atom is 0.148 e. The van der Waals surface area contributed by atoms with Crippen molar-refractivity contribution < 1.29 is 0 Å². The van der Waals surface area contributed by atoms with E-state index in [1.807, 2.05) is 11.7 Å². The third-order valence-electron chi connectivity index (χ3n) is 3.52. The molecule has 0 amide bonds. The van der Waals surface area contributed by atoms with Gasteiger partial charge in [-0.25, -0.2) is 0 Å². The van der Waals surface area contributed by atoms with E-state index in [-0.39, 0.29) is 5.54 Å². The molecule has 1 aliphatic rings. The Hall–Kier alpha value is -1.19. The molecule has 1 aliphatic carbocycles. The number of anilines is 2. The fourth-order valence-electron chi connectivity index (χ4n) is 2.28. The van der Waals surface area contributed by atoms with Gasteiger partial charge in [-0.05, 0) is 32.6 Å². The van der Waals surface area contributed by atoms with Gasteiger partial charge in [0.15, 0.2) is 0 Å². The number of hydrogen-bond acceptors (Lipinski definition) is 3.